The third-order valence-corrected chi connectivity index (χ3v) is 5.58. The van der Waals surface area contributed by atoms with E-state index in [2.05, 4.69) is 14.9 Å². The third kappa shape index (κ3) is 3.64. The highest BCUT2D eigenvalue weighted by Crippen LogP contribution is 2.32. The quantitative estimate of drug-likeness (QED) is 0.751. The van der Waals surface area contributed by atoms with E-state index in [4.69, 9.17) is 4.74 Å². The highest BCUT2D eigenvalue weighted by molar-refractivity contribution is 7.92. The highest BCUT2D eigenvalue weighted by atomic mass is 32.2. The number of nitrogens with zero attached hydrogens (tertiary/aromatic N) is 1. The number of anilines is 2. The Hall–Kier alpha value is -2.45. The standard InChI is InChI=1S/C17H21N3O4S/c1-12-16(21)9-13(10-17(12)24-2)19-25(22,23)15-5-3-14(4-6-15)20-8-7-18-11-20/h3-6,9-10,18-19,21H,7-8,11H2,1-2H3. The fourth-order valence-corrected chi connectivity index (χ4v) is 3.76. The van der Waals surface area contributed by atoms with E-state index in [0.29, 0.717) is 11.3 Å². The second-order valence-corrected chi connectivity index (χ2v) is 7.53. The molecule has 3 rings (SSSR count). The zero-order chi connectivity index (χ0) is 18.0. The number of sulfonamides is 1. The molecule has 2 aromatic rings. The fourth-order valence-electron chi connectivity index (χ4n) is 2.72. The van der Waals surface area contributed by atoms with E-state index in [9.17, 15) is 13.5 Å². The number of aromatic hydroxyl groups is 1. The lowest BCUT2D eigenvalue weighted by atomic mass is 10.2. The van der Waals surface area contributed by atoms with Gasteiger partial charge in [0.15, 0.2) is 0 Å². The number of phenolic OH excluding ortho intramolecular Hbond substituents is 1. The van der Waals surface area contributed by atoms with Gasteiger partial charge in [-0.25, -0.2) is 8.42 Å². The molecule has 1 heterocycles. The van der Waals surface area contributed by atoms with Crippen molar-refractivity contribution in [3.05, 3.63) is 42.0 Å². The van der Waals surface area contributed by atoms with Crippen LogP contribution in [-0.4, -0.2) is 40.4 Å². The van der Waals surface area contributed by atoms with Gasteiger partial charge in [0.2, 0.25) is 0 Å². The summed E-state index contributed by atoms with van der Waals surface area (Å²) in [4.78, 5) is 2.29. The molecule has 0 saturated carbocycles. The van der Waals surface area contributed by atoms with Gasteiger partial charge in [-0.15, -0.1) is 0 Å². The molecule has 0 spiro atoms. The summed E-state index contributed by atoms with van der Waals surface area (Å²) in [6.45, 7) is 4.26. The zero-order valence-corrected chi connectivity index (χ0v) is 14.9. The lowest BCUT2D eigenvalue weighted by molar-refractivity contribution is 0.403. The van der Waals surface area contributed by atoms with E-state index in [-0.39, 0.29) is 16.3 Å². The monoisotopic (exact) mass is 363 g/mol. The number of ether oxygens (including phenoxy) is 1. The summed E-state index contributed by atoms with van der Waals surface area (Å²) in [6, 6.07) is 9.61. The van der Waals surface area contributed by atoms with E-state index in [1.54, 1.807) is 31.2 Å². The van der Waals surface area contributed by atoms with Gasteiger partial charge in [0, 0.05) is 36.5 Å². The van der Waals surface area contributed by atoms with Crippen LogP contribution in [0, 0.1) is 6.92 Å². The van der Waals surface area contributed by atoms with Gasteiger partial charge in [-0.2, -0.15) is 0 Å². The van der Waals surface area contributed by atoms with Crippen LogP contribution in [0.15, 0.2) is 41.3 Å². The van der Waals surface area contributed by atoms with Crippen LogP contribution in [0.25, 0.3) is 0 Å². The van der Waals surface area contributed by atoms with Crippen LogP contribution in [0.2, 0.25) is 0 Å². The molecule has 0 radical (unpaired) electrons. The minimum atomic E-state index is -3.76. The molecule has 1 saturated heterocycles. The van der Waals surface area contributed by atoms with Crippen LogP contribution in [-0.2, 0) is 10.0 Å². The minimum Gasteiger partial charge on any atom is -0.507 e. The number of rotatable bonds is 5. The second kappa shape index (κ2) is 6.81. The molecular formula is C17H21N3O4S. The summed E-state index contributed by atoms with van der Waals surface area (Å²) in [6.07, 6.45) is 0. The number of phenols is 1. The van der Waals surface area contributed by atoms with Crippen molar-refractivity contribution < 1.29 is 18.3 Å². The molecule has 3 N–H and O–H groups in total. The smallest absolute Gasteiger partial charge is 0.261 e. The van der Waals surface area contributed by atoms with Gasteiger partial charge < -0.3 is 14.7 Å². The van der Waals surface area contributed by atoms with Gasteiger partial charge in [-0.3, -0.25) is 10.0 Å². The number of benzene rings is 2. The van der Waals surface area contributed by atoms with Gasteiger partial charge in [0.05, 0.1) is 24.4 Å². The van der Waals surface area contributed by atoms with Crippen molar-refractivity contribution in [3.63, 3.8) is 0 Å². The van der Waals surface area contributed by atoms with E-state index >= 15 is 0 Å². The molecule has 0 atom stereocenters. The van der Waals surface area contributed by atoms with Crippen LogP contribution in [0.1, 0.15) is 5.56 Å². The number of hydrogen-bond acceptors (Lipinski definition) is 6. The maximum Gasteiger partial charge on any atom is 0.261 e. The van der Waals surface area contributed by atoms with E-state index in [0.717, 1.165) is 25.4 Å². The summed E-state index contributed by atoms with van der Waals surface area (Å²) >= 11 is 0. The van der Waals surface area contributed by atoms with E-state index in [1.807, 2.05) is 0 Å². The third-order valence-electron chi connectivity index (χ3n) is 4.18. The molecule has 0 aliphatic carbocycles. The summed E-state index contributed by atoms with van der Waals surface area (Å²) in [7, 11) is -2.29. The molecule has 134 valence electrons. The van der Waals surface area contributed by atoms with Crippen LogP contribution >= 0.6 is 0 Å². The van der Waals surface area contributed by atoms with Crippen LogP contribution in [0.5, 0.6) is 11.5 Å². The first-order valence-electron chi connectivity index (χ1n) is 7.87. The average molecular weight is 363 g/mol. The Kier molecular flexibility index (Phi) is 4.73. The predicted molar refractivity (Wildman–Crippen MR) is 96.9 cm³/mol. The Labute approximate surface area is 147 Å². The molecule has 1 fully saturated rings. The Bertz CT molecular complexity index is 860. The molecule has 0 aromatic heterocycles. The summed E-state index contributed by atoms with van der Waals surface area (Å²) in [5.41, 5.74) is 1.76. The van der Waals surface area contributed by atoms with Crippen molar-refractivity contribution in [3.8, 4) is 11.5 Å². The topological polar surface area (TPSA) is 90.9 Å². The van der Waals surface area contributed by atoms with E-state index < -0.39 is 10.0 Å². The molecule has 25 heavy (non-hydrogen) atoms. The Morgan fingerprint density at radius 1 is 1.24 bits per heavy atom. The molecular weight excluding hydrogens is 342 g/mol. The predicted octanol–water partition coefficient (Wildman–Crippen LogP) is 1.88. The Balaban J connectivity index is 1.83. The molecule has 1 aliphatic rings. The fraction of sp³-hybridized carbons (Fsp3) is 0.294. The van der Waals surface area contributed by atoms with Crippen molar-refractivity contribution in [1.82, 2.24) is 5.32 Å². The van der Waals surface area contributed by atoms with Crippen molar-refractivity contribution in [2.24, 2.45) is 0 Å². The van der Waals surface area contributed by atoms with Crippen molar-refractivity contribution >= 4 is 21.4 Å². The van der Waals surface area contributed by atoms with Crippen molar-refractivity contribution in [2.45, 2.75) is 11.8 Å². The summed E-state index contributed by atoms with van der Waals surface area (Å²) in [5, 5.41) is 13.1. The Morgan fingerprint density at radius 3 is 2.56 bits per heavy atom. The number of methoxy groups -OCH3 is 1. The van der Waals surface area contributed by atoms with E-state index in [1.165, 1.54) is 19.2 Å². The number of hydrogen-bond donors (Lipinski definition) is 3. The average Bonchev–Trinajstić information content (AvgIpc) is 3.12. The summed E-state index contributed by atoms with van der Waals surface area (Å²) in [5.74, 6) is 0.378. The van der Waals surface area contributed by atoms with Crippen LogP contribution in [0.4, 0.5) is 11.4 Å². The van der Waals surface area contributed by atoms with Crippen LogP contribution < -0.4 is 19.7 Å². The summed E-state index contributed by atoms with van der Waals surface area (Å²) < 4.78 is 32.8. The molecule has 1 aliphatic heterocycles. The highest BCUT2D eigenvalue weighted by Gasteiger charge is 2.18. The SMILES string of the molecule is COc1cc(NS(=O)(=O)c2ccc(N3CCNC3)cc2)cc(O)c1C. The molecule has 0 bridgehead atoms. The first-order chi connectivity index (χ1) is 11.9. The van der Waals surface area contributed by atoms with Gasteiger partial charge in [-0.1, -0.05) is 0 Å². The molecule has 8 heteroatoms. The Morgan fingerprint density at radius 2 is 1.96 bits per heavy atom. The second-order valence-electron chi connectivity index (χ2n) is 5.84. The maximum atomic E-state index is 12.6. The van der Waals surface area contributed by atoms with Crippen LogP contribution in [0.3, 0.4) is 0 Å². The maximum absolute atomic E-state index is 12.6. The lowest BCUT2D eigenvalue weighted by Crippen LogP contribution is -2.21. The molecule has 0 unspecified atom stereocenters. The van der Waals surface area contributed by atoms with Gasteiger partial charge in [-0.05, 0) is 31.2 Å². The molecule has 7 nitrogen and oxygen atoms in total. The van der Waals surface area contributed by atoms with Gasteiger partial charge in [0.1, 0.15) is 11.5 Å². The van der Waals surface area contributed by atoms with Gasteiger partial charge in [0.25, 0.3) is 10.0 Å². The first kappa shape index (κ1) is 17.4. The zero-order valence-electron chi connectivity index (χ0n) is 14.1. The minimum absolute atomic E-state index is 0.0334. The van der Waals surface area contributed by atoms with Crippen molar-refractivity contribution in [2.75, 3.05) is 36.5 Å². The first-order valence-corrected chi connectivity index (χ1v) is 9.35. The number of nitrogens with one attached hydrogen (secondary N) is 2. The molecule has 2 aromatic carbocycles. The molecule has 0 amide bonds. The largest absolute Gasteiger partial charge is 0.507 e. The lowest BCUT2D eigenvalue weighted by Gasteiger charge is -2.17. The van der Waals surface area contributed by atoms with Gasteiger partial charge >= 0.3 is 0 Å². The normalized spacial score (nSPS) is 14.6. The van der Waals surface area contributed by atoms with Crippen molar-refractivity contribution in [1.29, 1.82) is 0 Å².